The average Bonchev–Trinajstić information content (AvgIpc) is 2.72. The topological polar surface area (TPSA) is 32.7 Å². The van der Waals surface area contributed by atoms with Gasteiger partial charge in [-0.25, -0.2) is 4.39 Å². The zero-order valence-electron chi connectivity index (χ0n) is 16.1. The van der Waals surface area contributed by atoms with Gasteiger partial charge in [-0.1, -0.05) is 62.2 Å². The van der Waals surface area contributed by atoms with Crippen molar-refractivity contribution in [2.24, 2.45) is 0 Å². The van der Waals surface area contributed by atoms with Gasteiger partial charge in [-0.3, -0.25) is 4.90 Å². The van der Waals surface area contributed by atoms with E-state index in [-0.39, 0.29) is 11.7 Å². The van der Waals surface area contributed by atoms with Gasteiger partial charge in [0.1, 0.15) is 5.82 Å². The zero-order chi connectivity index (χ0) is 19.1. The van der Waals surface area contributed by atoms with Gasteiger partial charge < -0.3 is 9.84 Å². The van der Waals surface area contributed by atoms with Gasteiger partial charge in [0, 0.05) is 25.6 Å². The van der Waals surface area contributed by atoms with Crippen molar-refractivity contribution in [3.8, 4) is 0 Å². The number of unbranched alkanes of at least 4 members (excludes halogenated alkanes) is 1. The summed E-state index contributed by atoms with van der Waals surface area (Å²) in [5.74, 6) is -0.366. The van der Waals surface area contributed by atoms with Crippen molar-refractivity contribution < 1.29 is 14.2 Å². The van der Waals surface area contributed by atoms with E-state index in [0.29, 0.717) is 6.42 Å². The van der Waals surface area contributed by atoms with Crippen LogP contribution in [0.2, 0.25) is 0 Å². The molecule has 0 aromatic heterocycles. The van der Waals surface area contributed by atoms with Crippen LogP contribution < -0.4 is 0 Å². The Kier molecular flexibility index (Phi) is 7.00. The number of nitrogens with zero attached hydrogens (tertiary/aromatic N) is 1. The van der Waals surface area contributed by atoms with E-state index in [0.717, 1.165) is 56.8 Å². The largest absolute Gasteiger partial charge is 0.384 e. The third-order valence-corrected chi connectivity index (χ3v) is 5.58. The summed E-state index contributed by atoms with van der Waals surface area (Å²) in [5, 5.41) is 12.0. The molecule has 146 valence electrons. The highest BCUT2D eigenvalue weighted by molar-refractivity contribution is 5.32. The number of morpholine rings is 1. The lowest BCUT2D eigenvalue weighted by atomic mass is 9.74. The van der Waals surface area contributed by atoms with Gasteiger partial charge in [0.25, 0.3) is 0 Å². The molecule has 1 heterocycles. The Hall–Kier alpha value is -1.75. The highest BCUT2D eigenvalue weighted by Crippen LogP contribution is 2.41. The summed E-state index contributed by atoms with van der Waals surface area (Å²) < 4.78 is 19.0. The molecular weight excluding hydrogens is 341 g/mol. The second-order valence-electron chi connectivity index (χ2n) is 7.41. The Morgan fingerprint density at radius 2 is 1.74 bits per heavy atom. The molecule has 3 nitrogen and oxygen atoms in total. The monoisotopic (exact) mass is 371 g/mol. The highest BCUT2D eigenvalue weighted by atomic mass is 19.1. The van der Waals surface area contributed by atoms with Gasteiger partial charge in [-0.2, -0.15) is 0 Å². The molecule has 1 saturated heterocycles. The Bertz CT molecular complexity index is 685. The average molecular weight is 371 g/mol. The molecule has 1 N–H and O–H groups in total. The highest BCUT2D eigenvalue weighted by Gasteiger charge is 2.40. The van der Waals surface area contributed by atoms with E-state index in [2.05, 4.69) is 24.0 Å². The molecule has 27 heavy (non-hydrogen) atoms. The van der Waals surface area contributed by atoms with E-state index in [1.165, 1.54) is 12.1 Å². The van der Waals surface area contributed by atoms with Crippen molar-refractivity contribution in [2.75, 3.05) is 32.8 Å². The maximum absolute atomic E-state index is 13.5. The number of hydrogen-bond donors (Lipinski definition) is 1. The van der Waals surface area contributed by atoms with Crippen LogP contribution in [0.15, 0.2) is 54.6 Å². The molecule has 1 aliphatic rings. The van der Waals surface area contributed by atoms with Crippen LogP contribution in [0, 0.1) is 5.82 Å². The Morgan fingerprint density at radius 3 is 2.37 bits per heavy atom. The molecule has 3 rings (SSSR count). The molecule has 4 heteroatoms. The van der Waals surface area contributed by atoms with Crippen LogP contribution in [0.3, 0.4) is 0 Å². The Labute approximate surface area is 161 Å². The predicted molar refractivity (Wildman–Crippen MR) is 106 cm³/mol. The third-order valence-electron chi connectivity index (χ3n) is 5.58. The van der Waals surface area contributed by atoms with E-state index in [9.17, 15) is 9.50 Å². The minimum atomic E-state index is -1.04. The van der Waals surface area contributed by atoms with Crippen LogP contribution in [0.5, 0.6) is 0 Å². The van der Waals surface area contributed by atoms with Crippen LogP contribution in [0.25, 0.3) is 0 Å². The summed E-state index contributed by atoms with van der Waals surface area (Å²) in [6, 6.07) is 16.6. The zero-order valence-corrected chi connectivity index (χ0v) is 16.1. The van der Waals surface area contributed by atoms with Crippen molar-refractivity contribution in [1.82, 2.24) is 4.90 Å². The van der Waals surface area contributed by atoms with Crippen LogP contribution in [0.4, 0.5) is 4.39 Å². The molecule has 2 aromatic carbocycles. The summed E-state index contributed by atoms with van der Waals surface area (Å²) >= 11 is 0. The van der Waals surface area contributed by atoms with E-state index in [4.69, 9.17) is 4.74 Å². The molecule has 0 amide bonds. The summed E-state index contributed by atoms with van der Waals surface area (Å²) in [4.78, 5) is 2.36. The first kappa shape index (κ1) is 20.0. The number of rotatable bonds is 8. The molecule has 0 spiro atoms. The Balaban J connectivity index is 1.99. The lowest BCUT2D eigenvalue weighted by Gasteiger charge is -2.41. The van der Waals surface area contributed by atoms with Gasteiger partial charge >= 0.3 is 0 Å². The fourth-order valence-corrected chi connectivity index (χ4v) is 3.96. The first-order valence-corrected chi connectivity index (χ1v) is 9.97. The molecule has 1 aliphatic heterocycles. The van der Waals surface area contributed by atoms with Crippen molar-refractivity contribution in [3.63, 3.8) is 0 Å². The molecule has 1 fully saturated rings. The molecule has 2 aromatic rings. The van der Waals surface area contributed by atoms with E-state index < -0.39 is 5.60 Å². The van der Waals surface area contributed by atoms with Gasteiger partial charge in [0.2, 0.25) is 0 Å². The van der Waals surface area contributed by atoms with E-state index >= 15 is 0 Å². The van der Waals surface area contributed by atoms with Crippen molar-refractivity contribution in [1.29, 1.82) is 0 Å². The minimum Gasteiger partial charge on any atom is -0.384 e. The van der Waals surface area contributed by atoms with Gasteiger partial charge in [0.05, 0.1) is 18.8 Å². The lowest BCUT2D eigenvalue weighted by Crippen LogP contribution is -2.45. The molecule has 0 radical (unpaired) electrons. The molecule has 2 atom stereocenters. The number of aliphatic hydroxyl groups is 1. The third kappa shape index (κ3) is 4.95. The first-order valence-electron chi connectivity index (χ1n) is 9.97. The quantitative estimate of drug-likeness (QED) is 0.750. The van der Waals surface area contributed by atoms with E-state index in [1.54, 1.807) is 12.1 Å². The maximum Gasteiger partial charge on any atom is 0.123 e. The van der Waals surface area contributed by atoms with Crippen LogP contribution in [-0.4, -0.2) is 42.9 Å². The van der Waals surface area contributed by atoms with Crippen molar-refractivity contribution in [2.45, 2.75) is 37.7 Å². The summed E-state index contributed by atoms with van der Waals surface area (Å²) in [5.41, 5.74) is 0.870. The maximum atomic E-state index is 13.5. The number of halogens is 1. The lowest BCUT2D eigenvalue weighted by molar-refractivity contribution is -0.0294. The molecule has 0 aliphatic carbocycles. The van der Waals surface area contributed by atoms with Gasteiger partial charge in [-0.05, 0) is 29.7 Å². The number of benzene rings is 2. The second kappa shape index (κ2) is 9.45. The SMILES string of the molecule is CCCC[C@](O)(c1ccc(F)cc1)[C@@H](CN1CCOCC1)c1ccccc1. The van der Waals surface area contributed by atoms with Crippen LogP contribution >= 0.6 is 0 Å². The molecule has 0 saturated carbocycles. The predicted octanol–water partition coefficient (Wildman–Crippen LogP) is 4.32. The smallest absolute Gasteiger partial charge is 0.123 e. The minimum absolute atomic E-state index is 0.0891. The first-order chi connectivity index (χ1) is 13.1. The van der Waals surface area contributed by atoms with Crippen LogP contribution in [-0.2, 0) is 10.3 Å². The molecule has 0 unspecified atom stereocenters. The van der Waals surface area contributed by atoms with E-state index in [1.807, 2.05) is 18.2 Å². The fraction of sp³-hybridized carbons (Fsp3) is 0.478. The van der Waals surface area contributed by atoms with Gasteiger partial charge in [0.15, 0.2) is 0 Å². The molecule has 0 bridgehead atoms. The van der Waals surface area contributed by atoms with Gasteiger partial charge in [-0.15, -0.1) is 0 Å². The second-order valence-corrected chi connectivity index (χ2v) is 7.41. The number of ether oxygens (including phenoxy) is 1. The standard InChI is InChI=1S/C23H30FNO2/c1-2-3-13-23(26,20-9-11-21(24)12-10-20)22(19-7-5-4-6-8-19)18-25-14-16-27-17-15-25/h4-12,22,26H,2-3,13-18H2,1H3/t22-,23-/m0/s1. The van der Waals surface area contributed by atoms with Crippen molar-refractivity contribution in [3.05, 3.63) is 71.5 Å². The summed E-state index contributed by atoms with van der Waals surface area (Å²) in [7, 11) is 0. The Morgan fingerprint density at radius 1 is 1.07 bits per heavy atom. The summed E-state index contributed by atoms with van der Waals surface area (Å²) in [6.07, 6.45) is 2.57. The normalized spacial score (nSPS) is 18.8. The molecular formula is C23H30FNO2. The number of hydrogen-bond acceptors (Lipinski definition) is 3. The summed E-state index contributed by atoms with van der Waals surface area (Å²) in [6.45, 7) is 6.08. The van der Waals surface area contributed by atoms with Crippen molar-refractivity contribution >= 4 is 0 Å². The fourth-order valence-electron chi connectivity index (χ4n) is 3.96. The van der Waals surface area contributed by atoms with Crippen LogP contribution in [0.1, 0.15) is 43.2 Å².